The lowest BCUT2D eigenvalue weighted by atomic mass is 10.0. The second-order valence-electron chi connectivity index (χ2n) is 7.70. The molecule has 0 radical (unpaired) electrons. The van der Waals surface area contributed by atoms with Crippen LogP contribution in [0.25, 0.3) is 0 Å². The van der Waals surface area contributed by atoms with Crippen LogP contribution in [0.15, 0.2) is 29.3 Å². The van der Waals surface area contributed by atoms with E-state index >= 15 is 0 Å². The van der Waals surface area contributed by atoms with Gasteiger partial charge in [-0.15, -0.1) is 0 Å². The second kappa shape index (κ2) is 8.46. The smallest absolute Gasteiger partial charge is 0.233 e. The maximum Gasteiger partial charge on any atom is 0.233 e. The number of hydrogen-bond donors (Lipinski definition) is 0. The Bertz CT molecular complexity index is 962. The molecule has 0 saturated heterocycles. The first-order valence-electron chi connectivity index (χ1n) is 10.1. The summed E-state index contributed by atoms with van der Waals surface area (Å²) in [5.41, 5.74) is 5.11. The van der Waals surface area contributed by atoms with Crippen LogP contribution >= 0.6 is 11.8 Å². The van der Waals surface area contributed by atoms with E-state index in [2.05, 4.69) is 6.07 Å². The van der Waals surface area contributed by atoms with Gasteiger partial charge in [-0.05, 0) is 67.9 Å². The molecule has 2 aliphatic carbocycles. The lowest BCUT2D eigenvalue weighted by Gasteiger charge is -2.23. The first-order chi connectivity index (χ1) is 14.1. The minimum Gasteiger partial charge on any atom is -0.497 e. The quantitative estimate of drug-likeness (QED) is 0.648. The highest BCUT2D eigenvalue weighted by molar-refractivity contribution is 8.00. The van der Waals surface area contributed by atoms with E-state index in [1.807, 2.05) is 36.1 Å². The number of nitriles is 1. The molecular weight excluding hydrogens is 382 g/mol. The molecule has 0 aliphatic heterocycles. The van der Waals surface area contributed by atoms with Crippen LogP contribution in [0, 0.1) is 18.3 Å². The summed E-state index contributed by atoms with van der Waals surface area (Å²) >= 11 is 1.41. The summed E-state index contributed by atoms with van der Waals surface area (Å²) in [6.45, 7) is 2.62. The number of aromatic nitrogens is 1. The molecule has 2 aromatic rings. The van der Waals surface area contributed by atoms with Crippen molar-refractivity contribution in [3.05, 3.63) is 52.2 Å². The number of pyridine rings is 1. The zero-order chi connectivity index (χ0) is 20.4. The van der Waals surface area contributed by atoms with Gasteiger partial charge >= 0.3 is 0 Å². The van der Waals surface area contributed by atoms with Gasteiger partial charge in [-0.2, -0.15) is 5.26 Å². The fourth-order valence-corrected chi connectivity index (χ4v) is 4.87. The molecule has 5 nitrogen and oxygen atoms in total. The van der Waals surface area contributed by atoms with Gasteiger partial charge in [-0.25, -0.2) is 4.98 Å². The topological polar surface area (TPSA) is 66.2 Å². The van der Waals surface area contributed by atoms with Crippen LogP contribution in [0.1, 0.15) is 47.2 Å². The van der Waals surface area contributed by atoms with Crippen molar-refractivity contribution in [2.45, 2.75) is 56.6 Å². The molecule has 4 rings (SSSR count). The zero-order valence-electron chi connectivity index (χ0n) is 16.9. The molecule has 0 bridgehead atoms. The van der Waals surface area contributed by atoms with Crippen molar-refractivity contribution < 1.29 is 9.53 Å². The molecular formula is C23H25N3O2S. The number of thioether (sulfide) groups is 1. The summed E-state index contributed by atoms with van der Waals surface area (Å²) in [7, 11) is 1.65. The Morgan fingerprint density at radius 3 is 2.72 bits per heavy atom. The van der Waals surface area contributed by atoms with Crippen LogP contribution in [0.5, 0.6) is 5.75 Å². The summed E-state index contributed by atoms with van der Waals surface area (Å²) < 4.78 is 5.21. The standard InChI is InChI=1S/C23H25N3O2S/c1-15-19-4-3-5-21(19)25-23(20(15)12-24)29-14-22(27)26(17-8-9-17)13-16-6-10-18(28-2)11-7-16/h6-7,10-11,17H,3-5,8-9,13-14H2,1-2H3. The molecule has 150 valence electrons. The van der Waals surface area contributed by atoms with Crippen molar-refractivity contribution in [1.29, 1.82) is 5.26 Å². The Balaban J connectivity index is 1.46. The summed E-state index contributed by atoms with van der Waals surface area (Å²) in [6.07, 6.45) is 5.19. The Morgan fingerprint density at radius 2 is 2.07 bits per heavy atom. The molecule has 1 aromatic carbocycles. The van der Waals surface area contributed by atoms with Crippen molar-refractivity contribution >= 4 is 17.7 Å². The molecule has 6 heteroatoms. The van der Waals surface area contributed by atoms with E-state index in [-0.39, 0.29) is 5.91 Å². The summed E-state index contributed by atoms with van der Waals surface area (Å²) in [6, 6.07) is 10.5. The summed E-state index contributed by atoms with van der Waals surface area (Å²) in [4.78, 5) is 19.7. The van der Waals surface area contributed by atoms with Crippen molar-refractivity contribution in [2.24, 2.45) is 0 Å². The third kappa shape index (κ3) is 4.25. The largest absolute Gasteiger partial charge is 0.497 e. The van der Waals surface area contributed by atoms with Gasteiger partial charge < -0.3 is 9.64 Å². The van der Waals surface area contributed by atoms with Gasteiger partial charge in [0.15, 0.2) is 0 Å². The van der Waals surface area contributed by atoms with Crippen molar-refractivity contribution in [3.63, 3.8) is 0 Å². The molecule has 2 aliphatic rings. The van der Waals surface area contributed by atoms with Crippen LogP contribution in [-0.2, 0) is 24.2 Å². The Hall–Kier alpha value is -2.52. The van der Waals surface area contributed by atoms with E-state index in [0.29, 0.717) is 28.9 Å². The number of fused-ring (bicyclic) bond motifs is 1. The fourth-order valence-electron chi connectivity index (χ4n) is 3.93. The first-order valence-corrected chi connectivity index (χ1v) is 11.1. The number of rotatable bonds is 7. The van der Waals surface area contributed by atoms with Gasteiger partial charge in [0.1, 0.15) is 16.8 Å². The number of nitrogens with zero attached hydrogens (tertiary/aromatic N) is 3. The van der Waals surface area contributed by atoms with E-state index in [1.165, 1.54) is 17.3 Å². The molecule has 0 atom stereocenters. The highest BCUT2D eigenvalue weighted by Gasteiger charge is 2.32. The minimum atomic E-state index is 0.108. The lowest BCUT2D eigenvalue weighted by Crippen LogP contribution is -2.34. The maximum absolute atomic E-state index is 13.0. The van der Waals surface area contributed by atoms with Gasteiger partial charge in [0.2, 0.25) is 5.91 Å². The average molecular weight is 408 g/mol. The highest BCUT2D eigenvalue weighted by atomic mass is 32.2. The van der Waals surface area contributed by atoms with Gasteiger partial charge in [0.25, 0.3) is 0 Å². The third-order valence-electron chi connectivity index (χ3n) is 5.73. The lowest BCUT2D eigenvalue weighted by molar-refractivity contribution is -0.129. The molecule has 1 heterocycles. The third-order valence-corrected chi connectivity index (χ3v) is 6.69. The number of hydrogen-bond acceptors (Lipinski definition) is 5. The SMILES string of the molecule is COc1ccc(CN(C(=O)CSc2nc3c(c(C)c2C#N)CCC3)C2CC2)cc1. The van der Waals surface area contributed by atoms with Gasteiger partial charge in [-0.1, -0.05) is 23.9 Å². The number of benzene rings is 1. The number of amides is 1. The van der Waals surface area contributed by atoms with Crippen LogP contribution in [-0.4, -0.2) is 34.7 Å². The minimum absolute atomic E-state index is 0.108. The molecule has 29 heavy (non-hydrogen) atoms. The summed E-state index contributed by atoms with van der Waals surface area (Å²) in [5, 5.41) is 10.3. The van der Waals surface area contributed by atoms with Crippen molar-refractivity contribution in [1.82, 2.24) is 9.88 Å². The molecule has 0 N–H and O–H groups in total. The van der Waals surface area contributed by atoms with Crippen LogP contribution < -0.4 is 4.74 Å². The van der Waals surface area contributed by atoms with Crippen LogP contribution in [0.3, 0.4) is 0 Å². The van der Waals surface area contributed by atoms with E-state index in [0.717, 1.165) is 54.7 Å². The first kappa shape index (κ1) is 19.8. The molecule has 1 saturated carbocycles. The normalized spacial score (nSPS) is 14.9. The second-order valence-corrected chi connectivity index (χ2v) is 8.66. The fraction of sp³-hybridized carbons (Fsp3) is 0.435. The zero-order valence-corrected chi connectivity index (χ0v) is 17.7. The van der Waals surface area contributed by atoms with Gasteiger partial charge in [-0.3, -0.25) is 4.79 Å². The maximum atomic E-state index is 13.0. The Morgan fingerprint density at radius 1 is 1.31 bits per heavy atom. The molecule has 1 fully saturated rings. The predicted molar refractivity (Wildman–Crippen MR) is 113 cm³/mol. The number of ether oxygens (including phenoxy) is 1. The highest BCUT2D eigenvalue weighted by Crippen LogP contribution is 2.33. The van der Waals surface area contributed by atoms with Crippen LogP contribution in [0.4, 0.5) is 0 Å². The molecule has 0 spiro atoms. The van der Waals surface area contributed by atoms with Gasteiger partial charge in [0.05, 0.1) is 18.4 Å². The molecule has 1 aromatic heterocycles. The number of aryl methyl sites for hydroxylation is 1. The van der Waals surface area contributed by atoms with Crippen LogP contribution in [0.2, 0.25) is 0 Å². The summed E-state index contributed by atoms with van der Waals surface area (Å²) in [5.74, 6) is 1.24. The van der Waals surface area contributed by atoms with Crippen molar-refractivity contribution in [2.75, 3.05) is 12.9 Å². The van der Waals surface area contributed by atoms with E-state index < -0.39 is 0 Å². The number of carbonyl (C=O) groups excluding carboxylic acids is 1. The molecule has 1 amide bonds. The van der Waals surface area contributed by atoms with E-state index in [9.17, 15) is 10.1 Å². The Kier molecular flexibility index (Phi) is 5.77. The number of carbonyl (C=O) groups is 1. The average Bonchev–Trinajstić information content (AvgIpc) is 3.47. The Labute approximate surface area is 176 Å². The van der Waals surface area contributed by atoms with E-state index in [4.69, 9.17) is 9.72 Å². The molecule has 0 unspecified atom stereocenters. The number of methoxy groups -OCH3 is 1. The monoisotopic (exact) mass is 407 g/mol. The predicted octanol–water partition coefficient (Wildman–Crippen LogP) is 4.04. The van der Waals surface area contributed by atoms with Crippen molar-refractivity contribution in [3.8, 4) is 11.8 Å². The van der Waals surface area contributed by atoms with Gasteiger partial charge in [0, 0.05) is 18.3 Å². The van der Waals surface area contributed by atoms with E-state index in [1.54, 1.807) is 7.11 Å².